The van der Waals surface area contributed by atoms with Crippen LogP contribution in [0.4, 0.5) is 10.1 Å². The summed E-state index contributed by atoms with van der Waals surface area (Å²) in [6.45, 7) is 4.65. The maximum Gasteiger partial charge on any atom is 0.146 e. The van der Waals surface area contributed by atoms with Crippen LogP contribution in [0.15, 0.2) is 18.2 Å². The Hall–Kier alpha value is -1.17. The number of hydrogen-bond acceptors (Lipinski definition) is 4. The lowest BCUT2D eigenvalue weighted by atomic mass is 10.2. The van der Waals surface area contributed by atoms with E-state index in [1.54, 1.807) is 19.2 Å². The van der Waals surface area contributed by atoms with Gasteiger partial charge in [-0.3, -0.25) is 0 Å². The van der Waals surface area contributed by atoms with Gasteiger partial charge in [0, 0.05) is 13.7 Å². The Kier molecular flexibility index (Phi) is 6.77. The zero-order chi connectivity index (χ0) is 14.3. The van der Waals surface area contributed by atoms with E-state index >= 15 is 0 Å². The van der Waals surface area contributed by atoms with E-state index in [1.165, 1.54) is 6.07 Å². The van der Waals surface area contributed by atoms with Gasteiger partial charge in [0.2, 0.25) is 0 Å². The topological polar surface area (TPSA) is 50.7 Å². The summed E-state index contributed by atoms with van der Waals surface area (Å²) in [5.74, 6) is -0.327. The average Bonchev–Trinajstić information content (AvgIpc) is 2.38. The zero-order valence-electron chi connectivity index (χ0n) is 11.6. The monoisotopic (exact) mass is 271 g/mol. The summed E-state index contributed by atoms with van der Waals surface area (Å²) in [7, 11) is 1.60. The minimum absolute atomic E-state index is 0.0737. The van der Waals surface area contributed by atoms with Crippen molar-refractivity contribution in [1.82, 2.24) is 0 Å². The van der Waals surface area contributed by atoms with Crippen molar-refractivity contribution in [2.45, 2.75) is 26.1 Å². The predicted molar refractivity (Wildman–Crippen MR) is 72.9 cm³/mol. The Morgan fingerprint density at radius 3 is 2.79 bits per heavy atom. The normalized spacial score (nSPS) is 14.2. The third-order valence-electron chi connectivity index (χ3n) is 2.62. The lowest BCUT2D eigenvalue weighted by Gasteiger charge is -2.17. The van der Waals surface area contributed by atoms with Gasteiger partial charge in [-0.05, 0) is 31.5 Å². The van der Waals surface area contributed by atoms with E-state index in [0.29, 0.717) is 12.3 Å². The quantitative estimate of drug-likeness (QED) is 0.759. The molecule has 1 aromatic rings. The van der Waals surface area contributed by atoms with E-state index in [1.807, 2.05) is 13.8 Å². The summed E-state index contributed by atoms with van der Waals surface area (Å²) >= 11 is 0. The smallest absolute Gasteiger partial charge is 0.146 e. The van der Waals surface area contributed by atoms with Crippen LogP contribution in [0.1, 0.15) is 12.5 Å². The van der Waals surface area contributed by atoms with Crippen molar-refractivity contribution in [3.63, 3.8) is 0 Å². The van der Waals surface area contributed by atoms with Crippen molar-refractivity contribution < 1.29 is 19.0 Å². The summed E-state index contributed by atoms with van der Waals surface area (Å²) in [6.07, 6.45) is -0.769. The highest BCUT2D eigenvalue weighted by Gasteiger charge is 2.09. The number of halogens is 1. The summed E-state index contributed by atoms with van der Waals surface area (Å²) in [5, 5.41) is 12.6. The molecule has 0 aliphatic carbocycles. The van der Waals surface area contributed by atoms with Crippen molar-refractivity contribution in [2.24, 2.45) is 0 Å². The molecule has 1 aromatic carbocycles. The average molecular weight is 271 g/mol. The Bertz CT molecular complexity index is 387. The standard InChI is InChI=1S/C14H22FNO3/c1-10-4-5-13(15)14(6-10)16-7-12(17)9-19-11(2)8-18-3/h4-6,11-12,16-17H,7-9H2,1-3H3. The molecule has 0 saturated carbocycles. The summed E-state index contributed by atoms with van der Waals surface area (Å²) < 4.78 is 23.7. The molecule has 0 saturated heterocycles. The molecule has 0 fully saturated rings. The molecule has 108 valence electrons. The van der Waals surface area contributed by atoms with Gasteiger partial charge in [0.1, 0.15) is 5.82 Å². The van der Waals surface area contributed by atoms with Gasteiger partial charge in [-0.1, -0.05) is 6.07 Å². The predicted octanol–water partition coefficient (Wildman–Crippen LogP) is 1.96. The number of hydrogen-bond donors (Lipinski definition) is 2. The van der Waals surface area contributed by atoms with Crippen molar-refractivity contribution >= 4 is 5.69 Å². The Balaban J connectivity index is 2.33. The molecule has 0 heterocycles. The van der Waals surface area contributed by atoms with Gasteiger partial charge in [0.15, 0.2) is 0 Å². The second-order valence-electron chi connectivity index (χ2n) is 4.62. The molecule has 2 unspecified atom stereocenters. The van der Waals surface area contributed by atoms with E-state index in [0.717, 1.165) is 5.56 Å². The van der Waals surface area contributed by atoms with Crippen molar-refractivity contribution in [1.29, 1.82) is 0 Å². The summed E-state index contributed by atoms with van der Waals surface area (Å²) in [4.78, 5) is 0. The third kappa shape index (κ3) is 6.00. The van der Waals surface area contributed by atoms with E-state index in [9.17, 15) is 9.50 Å². The molecule has 0 aliphatic rings. The van der Waals surface area contributed by atoms with Gasteiger partial charge in [-0.15, -0.1) is 0 Å². The van der Waals surface area contributed by atoms with Gasteiger partial charge in [0.05, 0.1) is 31.1 Å². The molecule has 19 heavy (non-hydrogen) atoms. The van der Waals surface area contributed by atoms with E-state index in [2.05, 4.69) is 5.32 Å². The maximum atomic E-state index is 13.4. The van der Waals surface area contributed by atoms with Crippen LogP contribution in [0.25, 0.3) is 0 Å². The fraction of sp³-hybridized carbons (Fsp3) is 0.571. The second-order valence-corrected chi connectivity index (χ2v) is 4.62. The third-order valence-corrected chi connectivity index (χ3v) is 2.62. The molecule has 0 amide bonds. The lowest BCUT2D eigenvalue weighted by Crippen LogP contribution is -2.28. The van der Waals surface area contributed by atoms with E-state index in [4.69, 9.17) is 9.47 Å². The number of aliphatic hydroxyl groups excluding tert-OH is 1. The first-order valence-electron chi connectivity index (χ1n) is 6.31. The van der Waals surface area contributed by atoms with Crippen LogP contribution in [-0.2, 0) is 9.47 Å². The largest absolute Gasteiger partial charge is 0.389 e. The Morgan fingerprint density at radius 1 is 1.37 bits per heavy atom. The molecule has 4 nitrogen and oxygen atoms in total. The number of aliphatic hydroxyl groups is 1. The molecule has 5 heteroatoms. The molecular formula is C14H22FNO3. The fourth-order valence-corrected chi connectivity index (χ4v) is 1.62. The maximum absolute atomic E-state index is 13.4. The minimum Gasteiger partial charge on any atom is -0.389 e. The van der Waals surface area contributed by atoms with Crippen molar-refractivity contribution in [3.8, 4) is 0 Å². The van der Waals surface area contributed by atoms with Crippen molar-refractivity contribution in [3.05, 3.63) is 29.6 Å². The highest BCUT2D eigenvalue weighted by atomic mass is 19.1. The van der Waals surface area contributed by atoms with E-state index < -0.39 is 6.10 Å². The Morgan fingerprint density at radius 2 is 2.11 bits per heavy atom. The number of aryl methyl sites for hydroxylation is 1. The first-order valence-corrected chi connectivity index (χ1v) is 6.31. The van der Waals surface area contributed by atoms with Crippen LogP contribution < -0.4 is 5.32 Å². The fourth-order valence-electron chi connectivity index (χ4n) is 1.62. The van der Waals surface area contributed by atoms with Crippen LogP contribution in [0, 0.1) is 12.7 Å². The second kappa shape index (κ2) is 8.09. The van der Waals surface area contributed by atoms with Crippen LogP contribution in [0.5, 0.6) is 0 Å². The number of rotatable bonds is 8. The van der Waals surface area contributed by atoms with Gasteiger partial charge < -0.3 is 19.9 Å². The SMILES string of the molecule is COCC(C)OCC(O)CNc1cc(C)ccc1F. The molecule has 0 radical (unpaired) electrons. The molecule has 0 bridgehead atoms. The molecule has 2 N–H and O–H groups in total. The van der Waals surface area contributed by atoms with Crippen LogP contribution >= 0.6 is 0 Å². The summed E-state index contributed by atoms with van der Waals surface area (Å²) in [5.41, 5.74) is 1.35. The highest BCUT2D eigenvalue weighted by molar-refractivity contribution is 5.47. The number of methoxy groups -OCH3 is 1. The van der Waals surface area contributed by atoms with Crippen LogP contribution in [-0.4, -0.2) is 44.2 Å². The Labute approximate surface area is 113 Å². The minimum atomic E-state index is -0.695. The van der Waals surface area contributed by atoms with Gasteiger partial charge in [-0.25, -0.2) is 4.39 Å². The number of benzene rings is 1. The first-order chi connectivity index (χ1) is 9.02. The lowest BCUT2D eigenvalue weighted by molar-refractivity contribution is -0.0282. The molecule has 1 rings (SSSR count). The zero-order valence-corrected chi connectivity index (χ0v) is 11.6. The van der Waals surface area contributed by atoms with Crippen LogP contribution in [0.2, 0.25) is 0 Å². The van der Waals surface area contributed by atoms with Crippen molar-refractivity contribution in [2.75, 3.05) is 32.2 Å². The molecular weight excluding hydrogens is 249 g/mol. The van der Waals surface area contributed by atoms with Gasteiger partial charge in [-0.2, -0.15) is 0 Å². The molecule has 0 aromatic heterocycles. The number of anilines is 1. The number of nitrogens with one attached hydrogen (secondary N) is 1. The molecule has 0 aliphatic heterocycles. The van der Waals surface area contributed by atoms with Gasteiger partial charge in [0.25, 0.3) is 0 Å². The molecule has 2 atom stereocenters. The van der Waals surface area contributed by atoms with Gasteiger partial charge >= 0.3 is 0 Å². The highest BCUT2D eigenvalue weighted by Crippen LogP contribution is 2.15. The number of ether oxygens (including phenoxy) is 2. The first kappa shape index (κ1) is 15.9. The molecule has 0 spiro atoms. The van der Waals surface area contributed by atoms with E-state index in [-0.39, 0.29) is 25.1 Å². The summed E-state index contributed by atoms with van der Waals surface area (Å²) in [6, 6.07) is 4.81. The van der Waals surface area contributed by atoms with Crippen LogP contribution in [0.3, 0.4) is 0 Å².